The maximum atomic E-state index is 6.16. The lowest BCUT2D eigenvalue weighted by Crippen LogP contribution is -2.05. The zero-order valence-electron chi connectivity index (χ0n) is 12.9. The van der Waals surface area contributed by atoms with Crippen molar-refractivity contribution in [3.8, 4) is 11.3 Å². The molecule has 0 bridgehead atoms. The van der Waals surface area contributed by atoms with Gasteiger partial charge in [0.15, 0.2) is 4.47 Å². The summed E-state index contributed by atoms with van der Waals surface area (Å²) in [6, 6.07) is 8.19. The highest BCUT2D eigenvalue weighted by molar-refractivity contribution is 7.18. The summed E-state index contributed by atoms with van der Waals surface area (Å²) in [6.07, 6.45) is 3.88. The smallest absolute Gasteiger partial charge is 0.184 e. The number of nitrogens with zero attached hydrogens (tertiary/aromatic N) is 2. The Kier molecular flexibility index (Phi) is 5.52. The Morgan fingerprint density at radius 1 is 1.45 bits per heavy atom. The molecule has 0 fully saturated rings. The molecule has 3 nitrogen and oxygen atoms in total. The van der Waals surface area contributed by atoms with E-state index in [0.717, 1.165) is 21.8 Å². The first kappa shape index (κ1) is 16.5. The van der Waals surface area contributed by atoms with Crippen molar-refractivity contribution in [2.45, 2.75) is 13.8 Å². The van der Waals surface area contributed by atoms with Crippen LogP contribution in [0.2, 0.25) is 4.47 Å². The van der Waals surface area contributed by atoms with Gasteiger partial charge < -0.3 is 5.32 Å². The fourth-order valence-electron chi connectivity index (χ4n) is 1.98. The van der Waals surface area contributed by atoms with Crippen molar-refractivity contribution in [1.82, 2.24) is 10.3 Å². The van der Waals surface area contributed by atoms with E-state index in [0.29, 0.717) is 10.3 Å². The van der Waals surface area contributed by atoms with Crippen molar-refractivity contribution < 1.29 is 0 Å². The molecule has 0 saturated carbocycles. The van der Waals surface area contributed by atoms with E-state index in [-0.39, 0.29) is 0 Å². The molecule has 2 aromatic rings. The van der Waals surface area contributed by atoms with Crippen LogP contribution in [0.3, 0.4) is 0 Å². The Balaban J connectivity index is 2.60. The number of benzene rings is 1. The predicted octanol–water partition coefficient (Wildman–Crippen LogP) is 4.83. The van der Waals surface area contributed by atoms with E-state index in [4.69, 9.17) is 11.6 Å². The summed E-state index contributed by atoms with van der Waals surface area (Å²) in [6.45, 7) is 7.87. The molecule has 1 aromatic carbocycles. The highest BCUT2D eigenvalue weighted by Gasteiger charge is 2.16. The van der Waals surface area contributed by atoms with Crippen molar-refractivity contribution in [3.05, 3.63) is 63.7 Å². The van der Waals surface area contributed by atoms with Crippen LogP contribution in [0.1, 0.15) is 17.4 Å². The minimum Gasteiger partial charge on any atom is -0.374 e. The summed E-state index contributed by atoms with van der Waals surface area (Å²) >= 11 is 7.58. The topological polar surface area (TPSA) is 37.3 Å². The molecule has 0 radical (unpaired) electrons. The van der Waals surface area contributed by atoms with Gasteiger partial charge in [0.1, 0.15) is 5.82 Å². The van der Waals surface area contributed by atoms with Gasteiger partial charge in [-0.25, -0.2) is 9.98 Å². The summed E-state index contributed by atoms with van der Waals surface area (Å²) in [7, 11) is 1.79. The number of rotatable bonds is 5. The molecule has 0 aliphatic heterocycles. The molecule has 1 N–H and O–H groups in total. The Hall–Kier alpha value is -1.91. The summed E-state index contributed by atoms with van der Waals surface area (Å²) < 4.78 is 0.499. The number of hydrogen-bond acceptors (Lipinski definition) is 4. The van der Waals surface area contributed by atoms with Crippen LogP contribution in [0.15, 0.2) is 53.8 Å². The molecule has 0 aliphatic rings. The normalized spacial score (nSPS) is 11.9. The first-order chi connectivity index (χ1) is 10.5. The van der Waals surface area contributed by atoms with Gasteiger partial charge in [0.05, 0.1) is 16.3 Å². The largest absolute Gasteiger partial charge is 0.374 e. The van der Waals surface area contributed by atoms with Crippen molar-refractivity contribution >= 4 is 28.6 Å². The van der Waals surface area contributed by atoms with Crippen LogP contribution >= 0.6 is 22.9 Å². The number of halogens is 1. The van der Waals surface area contributed by atoms with Crippen LogP contribution < -0.4 is 5.32 Å². The first-order valence-corrected chi connectivity index (χ1v) is 8.06. The molecule has 0 spiro atoms. The number of aliphatic imine (C=N–C) groups is 1. The third-order valence-corrected chi connectivity index (χ3v) is 4.18. The molecule has 0 atom stereocenters. The van der Waals surface area contributed by atoms with E-state index in [1.165, 1.54) is 16.9 Å². The van der Waals surface area contributed by atoms with Crippen LogP contribution in [0.4, 0.5) is 0 Å². The SMILES string of the molecule is C=C(/N=C(\C=C/C)c1sc(Cl)nc1-c1cccc(C)c1)NC. The van der Waals surface area contributed by atoms with Gasteiger partial charge in [-0.2, -0.15) is 0 Å². The van der Waals surface area contributed by atoms with Gasteiger partial charge in [0.2, 0.25) is 0 Å². The molecule has 0 saturated heterocycles. The van der Waals surface area contributed by atoms with Gasteiger partial charge >= 0.3 is 0 Å². The fraction of sp³-hybridized carbons (Fsp3) is 0.176. The van der Waals surface area contributed by atoms with Crippen LogP contribution in [0.25, 0.3) is 11.3 Å². The van der Waals surface area contributed by atoms with E-state index in [9.17, 15) is 0 Å². The third kappa shape index (κ3) is 3.84. The summed E-state index contributed by atoms with van der Waals surface area (Å²) in [4.78, 5) is 9.93. The Morgan fingerprint density at radius 3 is 2.86 bits per heavy atom. The van der Waals surface area contributed by atoms with Crippen molar-refractivity contribution in [2.75, 3.05) is 7.05 Å². The van der Waals surface area contributed by atoms with E-state index >= 15 is 0 Å². The number of allylic oxidation sites excluding steroid dienone is 2. The molecular weight excluding hydrogens is 314 g/mol. The average molecular weight is 332 g/mol. The van der Waals surface area contributed by atoms with Gasteiger partial charge in [0, 0.05) is 12.6 Å². The van der Waals surface area contributed by atoms with Crippen molar-refractivity contribution in [1.29, 1.82) is 0 Å². The molecule has 1 heterocycles. The van der Waals surface area contributed by atoms with E-state index < -0.39 is 0 Å². The molecule has 22 heavy (non-hydrogen) atoms. The quantitative estimate of drug-likeness (QED) is 0.797. The maximum Gasteiger partial charge on any atom is 0.184 e. The summed E-state index contributed by atoms with van der Waals surface area (Å²) in [5.74, 6) is 0.591. The zero-order valence-corrected chi connectivity index (χ0v) is 14.4. The number of aromatic nitrogens is 1. The lowest BCUT2D eigenvalue weighted by atomic mass is 10.1. The van der Waals surface area contributed by atoms with E-state index in [1.807, 2.05) is 31.2 Å². The third-order valence-electron chi connectivity index (χ3n) is 2.99. The molecule has 0 aliphatic carbocycles. The van der Waals surface area contributed by atoms with Gasteiger partial charge in [-0.05, 0) is 26.0 Å². The molecule has 114 valence electrons. The van der Waals surface area contributed by atoms with Gasteiger partial charge in [-0.1, -0.05) is 48.0 Å². The van der Waals surface area contributed by atoms with Crippen molar-refractivity contribution in [2.24, 2.45) is 4.99 Å². The summed E-state index contributed by atoms with van der Waals surface area (Å²) in [5.41, 5.74) is 3.85. The fourth-order valence-corrected chi connectivity index (χ4v) is 3.08. The van der Waals surface area contributed by atoms with Crippen molar-refractivity contribution in [3.63, 3.8) is 0 Å². The number of hydrogen-bond donors (Lipinski definition) is 1. The second-order valence-electron chi connectivity index (χ2n) is 4.71. The van der Waals surface area contributed by atoms with Crippen LogP contribution in [0, 0.1) is 6.92 Å². The molecule has 5 heteroatoms. The standard InChI is InChI=1S/C17H18ClN3S/c1-5-7-14(20-12(3)19-4)16-15(21-17(18)22-16)13-9-6-8-11(2)10-13/h5-10,19H,3H2,1-2,4H3/b7-5-,20-14+. The molecular formula is C17H18ClN3S. The van der Waals surface area contributed by atoms with E-state index in [2.05, 4.69) is 40.9 Å². The monoisotopic (exact) mass is 331 g/mol. The number of thiazole rings is 1. The van der Waals surface area contributed by atoms with E-state index in [1.54, 1.807) is 7.05 Å². The lowest BCUT2D eigenvalue weighted by Gasteiger charge is -2.05. The molecule has 2 rings (SSSR count). The molecule has 0 unspecified atom stereocenters. The Bertz CT molecular complexity index is 744. The minimum atomic E-state index is 0.499. The second kappa shape index (κ2) is 7.38. The highest BCUT2D eigenvalue weighted by Crippen LogP contribution is 2.32. The van der Waals surface area contributed by atoms with Gasteiger partial charge in [0.25, 0.3) is 0 Å². The highest BCUT2D eigenvalue weighted by atomic mass is 35.5. The average Bonchev–Trinajstić information content (AvgIpc) is 2.88. The maximum absolute atomic E-state index is 6.16. The minimum absolute atomic E-state index is 0.499. The van der Waals surface area contributed by atoms with Gasteiger partial charge in [-0.3, -0.25) is 0 Å². The molecule has 0 amide bonds. The first-order valence-electron chi connectivity index (χ1n) is 6.87. The van der Waals surface area contributed by atoms with Crippen LogP contribution in [-0.2, 0) is 0 Å². The van der Waals surface area contributed by atoms with Gasteiger partial charge in [-0.15, -0.1) is 11.3 Å². The zero-order chi connectivity index (χ0) is 16.1. The summed E-state index contributed by atoms with van der Waals surface area (Å²) in [5, 5.41) is 2.93. The van der Waals surface area contributed by atoms with Crippen LogP contribution in [-0.4, -0.2) is 17.7 Å². The van der Waals surface area contributed by atoms with Crippen LogP contribution in [0.5, 0.6) is 0 Å². The lowest BCUT2D eigenvalue weighted by molar-refractivity contribution is 0.975. The predicted molar refractivity (Wildman–Crippen MR) is 96.8 cm³/mol. The number of nitrogens with one attached hydrogen (secondary N) is 1. The Morgan fingerprint density at radius 2 is 2.23 bits per heavy atom. The second-order valence-corrected chi connectivity index (χ2v) is 6.29. The Labute approximate surface area is 140 Å². The molecule has 1 aromatic heterocycles. The number of aryl methyl sites for hydroxylation is 1.